The standard InChI is InChI=1S/C14H22N2O3/c1-16-8-4-5-10(16)9-15-13(17)11-6-2-3-7-12(11)14(18)19/h2-3,10-12H,4-9H2,1H3,(H,15,17)(H,18,19). The molecule has 5 nitrogen and oxygen atoms in total. The molecule has 1 aliphatic heterocycles. The molecule has 0 aromatic heterocycles. The van der Waals surface area contributed by atoms with Crippen LogP contribution in [-0.4, -0.2) is 48.1 Å². The summed E-state index contributed by atoms with van der Waals surface area (Å²) >= 11 is 0. The van der Waals surface area contributed by atoms with Crippen LogP contribution >= 0.6 is 0 Å². The third-order valence-corrected chi connectivity index (χ3v) is 4.27. The largest absolute Gasteiger partial charge is 0.481 e. The zero-order valence-electron chi connectivity index (χ0n) is 11.3. The molecule has 19 heavy (non-hydrogen) atoms. The van der Waals surface area contributed by atoms with Gasteiger partial charge in [0.2, 0.25) is 5.91 Å². The van der Waals surface area contributed by atoms with Crippen molar-refractivity contribution in [1.82, 2.24) is 10.2 Å². The fourth-order valence-corrected chi connectivity index (χ4v) is 2.96. The number of carbonyl (C=O) groups excluding carboxylic acids is 1. The highest BCUT2D eigenvalue weighted by Crippen LogP contribution is 2.26. The molecule has 0 spiro atoms. The summed E-state index contributed by atoms with van der Waals surface area (Å²) in [7, 11) is 2.06. The van der Waals surface area contributed by atoms with E-state index in [1.807, 2.05) is 12.2 Å². The summed E-state index contributed by atoms with van der Waals surface area (Å²) in [6.45, 7) is 1.70. The molecule has 106 valence electrons. The van der Waals surface area contributed by atoms with E-state index in [4.69, 9.17) is 5.11 Å². The summed E-state index contributed by atoms with van der Waals surface area (Å²) in [4.78, 5) is 25.6. The van der Waals surface area contributed by atoms with E-state index in [-0.39, 0.29) is 5.91 Å². The lowest BCUT2D eigenvalue weighted by Gasteiger charge is -2.26. The van der Waals surface area contributed by atoms with Crippen molar-refractivity contribution in [1.29, 1.82) is 0 Å². The maximum absolute atomic E-state index is 12.1. The van der Waals surface area contributed by atoms with E-state index in [0.717, 1.165) is 13.0 Å². The van der Waals surface area contributed by atoms with Crippen LogP contribution in [0.5, 0.6) is 0 Å². The predicted molar refractivity (Wildman–Crippen MR) is 71.7 cm³/mol. The summed E-state index contributed by atoms with van der Waals surface area (Å²) in [5, 5.41) is 12.1. The van der Waals surface area contributed by atoms with E-state index in [2.05, 4.69) is 17.3 Å². The first-order valence-electron chi connectivity index (χ1n) is 6.95. The Morgan fingerprint density at radius 3 is 2.58 bits per heavy atom. The molecule has 3 atom stereocenters. The summed E-state index contributed by atoms with van der Waals surface area (Å²) < 4.78 is 0. The maximum atomic E-state index is 12.1. The highest BCUT2D eigenvalue weighted by atomic mass is 16.4. The van der Waals surface area contributed by atoms with Crippen LogP contribution in [0.1, 0.15) is 25.7 Å². The fourth-order valence-electron chi connectivity index (χ4n) is 2.96. The molecule has 1 heterocycles. The first-order chi connectivity index (χ1) is 9.09. The van der Waals surface area contributed by atoms with Gasteiger partial charge in [-0.05, 0) is 39.3 Å². The molecule has 1 amide bonds. The van der Waals surface area contributed by atoms with E-state index in [1.165, 1.54) is 6.42 Å². The minimum atomic E-state index is -0.873. The quantitative estimate of drug-likeness (QED) is 0.741. The molecule has 0 saturated carbocycles. The van der Waals surface area contributed by atoms with Crippen LogP contribution in [0.25, 0.3) is 0 Å². The number of carboxylic acids is 1. The smallest absolute Gasteiger partial charge is 0.307 e. The molecule has 1 aliphatic carbocycles. The van der Waals surface area contributed by atoms with Gasteiger partial charge >= 0.3 is 5.97 Å². The Labute approximate surface area is 113 Å². The first-order valence-corrected chi connectivity index (χ1v) is 6.95. The summed E-state index contributed by atoms with van der Waals surface area (Å²) in [6, 6.07) is 0.395. The number of rotatable bonds is 4. The van der Waals surface area contributed by atoms with Gasteiger partial charge in [-0.3, -0.25) is 9.59 Å². The monoisotopic (exact) mass is 266 g/mol. The first kappa shape index (κ1) is 14.1. The van der Waals surface area contributed by atoms with Crippen LogP contribution in [0.4, 0.5) is 0 Å². The van der Waals surface area contributed by atoms with Gasteiger partial charge in [0.25, 0.3) is 0 Å². The van der Waals surface area contributed by atoms with E-state index in [9.17, 15) is 9.59 Å². The lowest BCUT2D eigenvalue weighted by molar-refractivity contribution is -0.147. The second-order valence-corrected chi connectivity index (χ2v) is 5.52. The van der Waals surface area contributed by atoms with Crippen molar-refractivity contribution in [2.75, 3.05) is 20.1 Å². The molecule has 0 bridgehead atoms. The Hall–Kier alpha value is -1.36. The average molecular weight is 266 g/mol. The third-order valence-electron chi connectivity index (χ3n) is 4.27. The van der Waals surface area contributed by atoms with Crippen molar-refractivity contribution >= 4 is 11.9 Å². The summed E-state index contributed by atoms with van der Waals surface area (Å²) in [5.74, 6) is -1.99. The SMILES string of the molecule is CN1CCCC1CNC(=O)C1CC=CCC1C(=O)O. The van der Waals surface area contributed by atoms with Gasteiger partial charge in [0, 0.05) is 12.6 Å². The second-order valence-electron chi connectivity index (χ2n) is 5.52. The van der Waals surface area contributed by atoms with Crippen LogP contribution in [0.2, 0.25) is 0 Å². The summed E-state index contributed by atoms with van der Waals surface area (Å²) in [6.07, 6.45) is 7.02. The molecule has 2 rings (SSSR count). The van der Waals surface area contributed by atoms with Crippen molar-refractivity contribution in [3.63, 3.8) is 0 Å². The van der Waals surface area contributed by atoms with Crippen molar-refractivity contribution in [2.24, 2.45) is 11.8 Å². The van der Waals surface area contributed by atoms with Crippen LogP contribution in [0.3, 0.4) is 0 Å². The Bertz CT molecular complexity index is 381. The van der Waals surface area contributed by atoms with E-state index < -0.39 is 17.8 Å². The van der Waals surface area contributed by atoms with Gasteiger partial charge in [-0.1, -0.05) is 12.2 Å². The van der Waals surface area contributed by atoms with Gasteiger partial charge in [-0.25, -0.2) is 0 Å². The number of nitrogens with zero attached hydrogens (tertiary/aromatic N) is 1. The molecule has 0 radical (unpaired) electrons. The van der Waals surface area contributed by atoms with Gasteiger partial charge in [0.15, 0.2) is 0 Å². The molecule has 2 aliphatic rings. The molecule has 1 saturated heterocycles. The normalized spacial score (nSPS) is 31.3. The zero-order valence-corrected chi connectivity index (χ0v) is 11.3. The van der Waals surface area contributed by atoms with Gasteiger partial charge in [0.1, 0.15) is 0 Å². The molecular formula is C14H22N2O3. The lowest BCUT2D eigenvalue weighted by Crippen LogP contribution is -2.43. The molecule has 0 aromatic rings. The van der Waals surface area contributed by atoms with Gasteiger partial charge in [-0.15, -0.1) is 0 Å². The van der Waals surface area contributed by atoms with Crippen LogP contribution in [-0.2, 0) is 9.59 Å². The number of nitrogens with one attached hydrogen (secondary N) is 1. The van der Waals surface area contributed by atoms with Crippen molar-refractivity contribution in [2.45, 2.75) is 31.7 Å². The average Bonchev–Trinajstić information content (AvgIpc) is 2.81. The molecule has 5 heteroatoms. The van der Waals surface area contributed by atoms with E-state index in [0.29, 0.717) is 25.4 Å². The Morgan fingerprint density at radius 1 is 1.32 bits per heavy atom. The van der Waals surface area contributed by atoms with E-state index in [1.54, 1.807) is 0 Å². The number of aliphatic carboxylic acids is 1. The Morgan fingerprint density at radius 2 is 2.00 bits per heavy atom. The van der Waals surface area contributed by atoms with Crippen molar-refractivity contribution < 1.29 is 14.7 Å². The highest BCUT2D eigenvalue weighted by molar-refractivity contribution is 5.85. The Kier molecular flexibility index (Phi) is 4.58. The van der Waals surface area contributed by atoms with Gasteiger partial charge in [0.05, 0.1) is 11.8 Å². The van der Waals surface area contributed by atoms with Crippen LogP contribution < -0.4 is 5.32 Å². The number of likely N-dealkylation sites (tertiary alicyclic amines) is 1. The van der Waals surface area contributed by atoms with Crippen LogP contribution in [0, 0.1) is 11.8 Å². The topological polar surface area (TPSA) is 69.6 Å². The van der Waals surface area contributed by atoms with Crippen molar-refractivity contribution in [3.05, 3.63) is 12.2 Å². The third kappa shape index (κ3) is 3.35. The maximum Gasteiger partial charge on any atom is 0.307 e. The minimum Gasteiger partial charge on any atom is -0.481 e. The number of likely N-dealkylation sites (N-methyl/N-ethyl adjacent to an activating group) is 1. The van der Waals surface area contributed by atoms with Gasteiger partial charge in [-0.2, -0.15) is 0 Å². The van der Waals surface area contributed by atoms with Gasteiger partial charge < -0.3 is 15.3 Å². The summed E-state index contributed by atoms with van der Waals surface area (Å²) in [5.41, 5.74) is 0. The number of amides is 1. The molecule has 3 unspecified atom stereocenters. The molecule has 0 aromatic carbocycles. The highest BCUT2D eigenvalue weighted by Gasteiger charge is 2.34. The number of hydrogen-bond acceptors (Lipinski definition) is 3. The Balaban J connectivity index is 1.87. The zero-order chi connectivity index (χ0) is 13.8. The predicted octanol–water partition coefficient (Wildman–Crippen LogP) is 0.864. The number of allylic oxidation sites excluding steroid dienone is 2. The lowest BCUT2D eigenvalue weighted by atomic mass is 9.82. The second kappa shape index (κ2) is 6.19. The molecular weight excluding hydrogens is 244 g/mol. The molecule has 1 fully saturated rings. The van der Waals surface area contributed by atoms with Crippen molar-refractivity contribution in [3.8, 4) is 0 Å². The fraction of sp³-hybridized carbons (Fsp3) is 0.714. The minimum absolute atomic E-state index is 0.114. The van der Waals surface area contributed by atoms with Crippen LogP contribution in [0.15, 0.2) is 12.2 Å². The number of carboxylic acid groups (broad SMARTS) is 1. The number of hydrogen-bond donors (Lipinski definition) is 2. The van der Waals surface area contributed by atoms with E-state index >= 15 is 0 Å². The molecule has 2 N–H and O–H groups in total. The number of carbonyl (C=O) groups is 2.